The Morgan fingerprint density at radius 1 is 1.52 bits per heavy atom. The third-order valence-corrected chi connectivity index (χ3v) is 5.12. The molecule has 0 bridgehead atoms. The summed E-state index contributed by atoms with van der Waals surface area (Å²) in [6, 6.07) is 4.03. The van der Waals surface area contributed by atoms with Crippen molar-refractivity contribution in [2.24, 2.45) is 0 Å². The molecule has 1 aliphatic carbocycles. The third-order valence-electron chi connectivity index (χ3n) is 3.69. The maximum absolute atomic E-state index is 12.6. The highest BCUT2D eigenvalue weighted by molar-refractivity contribution is 9.10. The summed E-state index contributed by atoms with van der Waals surface area (Å²) in [5.41, 5.74) is 1.84. The van der Waals surface area contributed by atoms with Crippen molar-refractivity contribution in [3.63, 3.8) is 0 Å². The molecule has 2 heterocycles. The summed E-state index contributed by atoms with van der Waals surface area (Å²) in [6.45, 7) is 0. The number of hydrogen-bond acceptors (Lipinski definition) is 4. The van der Waals surface area contributed by atoms with Crippen LogP contribution < -0.4 is 10.6 Å². The van der Waals surface area contributed by atoms with Gasteiger partial charge in [-0.05, 0) is 58.3 Å². The van der Waals surface area contributed by atoms with Crippen molar-refractivity contribution in [3.05, 3.63) is 44.2 Å². The summed E-state index contributed by atoms with van der Waals surface area (Å²) >= 11 is 5.15. The molecule has 21 heavy (non-hydrogen) atoms. The Kier molecular flexibility index (Phi) is 4.26. The number of anilines is 1. The predicted molar refractivity (Wildman–Crippen MR) is 88.9 cm³/mol. The van der Waals surface area contributed by atoms with Crippen LogP contribution in [-0.4, -0.2) is 17.9 Å². The Labute approximate surface area is 136 Å². The van der Waals surface area contributed by atoms with Gasteiger partial charge in [-0.1, -0.05) is 0 Å². The van der Waals surface area contributed by atoms with Gasteiger partial charge in [0.25, 0.3) is 5.91 Å². The van der Waals surface area contributed by atoms with Gasteiger partial charge in [-0.3, -0.25) is 4.79 Å². The number of halogens is 1. The Hall–Kier alpha value is -1.40. The average molecular weight is 366 g/mol. The van der Waals surface area contributed by atoms with Gasteiger partial charge < -0.3 is 10.6 Å². The van der Waals surface area contributed by atoms with E-state index in [0.717, 1.165) is 23.7 Å². The van der Waals surface area contributed by atoms with E-state index >= 15 is 0 Å². The molecular formula is C15H16BrN3OS. The van der Waals surface area contributed by atoms with Crippen LogP contribution in [0.25, 0.3) is 0 Å². The zero-order valence-corrected chi connectivity index (χ0v) is 14.1. The highest BCUT2D eigenvalue weighted by atomic mass is 79.9. The largest absolute Gasteiger partial charge is 0.372 e. The van der Waals surface area contributed by atoms with Gasteiger partial charge in [-0.25, -0.2) is 4.98 Å². The highest BCUT2D eigenvalue weighted by Crippen LogP contribution is 2.33. The highest BCUT2D eigenvalue weighted by Gasteiger charge is 2.24. The van der Waals surface area contributed by atoms with Gasteiger partial charge in [0.15, 0.2) is 0 Å². The molecule has 2 N–H and O–H groups in total. The van der Waals surface area contributed by atoms with Crippen molar-refractivity contribution in [2.45, 2.75) is 25.3 Å². The van der Waals surface area contributed by atoms with E-state index in [2.05, 4.69) is 43.0 Å². The molecule has 1 unspecified atom stereocenters. The Bertz CT molecular complexity index is 671. The number of pyridine rings is 1. The minimum absolute atomic E-state index is 0.0859. The SMILES string of the molecule is CNc1ncc(Br)cc1C(=O)NC1CCCc2sccc21. The average Bonchev–Trinajstić information content (AvgIpc) is 2.96. The molecule has 0 saturated heterocycles. The van der Waals surface area contributed by atoms with Gasteiger partial charge in [-0.15, -0.1) is 11.3 Å². The van der Waals surface area contributed by atoms with Crippen LogP contribution in [0.5, 0.6) is 0 Å². The maximum Gasteiger partial charge on any atom is 0.255 e. The third kappa shape index (κ3) is 2.96. The number of nitrogens with one attached hydrogen (secondary N) is 2. The van der Waals surface area contributed by atoms with E-state index in [-0.39, 0.29) is 11.9 Å². The van der Waals surface area contributed by atoms with E-state index in [1.807, 2.05) is 0 Å². The number of thiophene rings is 1. The number of rotatable bonds is 3. The van der Waals surface area contributed by atoms with Gasteiger partial charge in [-0.2, -0.15) is 0 Å². The lowest BCUT2D eigenvalue weighted by atomic mass is 9.94. The van der Waals surface area contributed by atoms with Crippen molar-refractivity contribution in [3.8, 4) is 0 Å². The summed E-state index contributed by atoms with van der Waals surface area (Å²) in [5.74, 6) is 0.509. The van der Waals surface area contributed by atoms with Crippen LogP contribution in [0.3, 0.4) is 0 Å². The van der Waals surface area contributed by atoms with E-state index < -0.39 is 0 Å². The van der Waals surface area contributed by atoms with Crippen molar-refractivity contribution in [1.29, 1.82) is 0 Å². The second-order valence-electron chi connectivity index (χ2n) is 5.02. The van der Waals surface area contributed by atoms with E-state index in [0.29, 0.717) is 11.4 Å². The summed E-state index contributed by atoms with van der Waals surface area (Å²) in [5, 5.41) is 8.22. The first-order chi connectivity index (χ1) is 10.2. The fraction of sp³-hybridized carbons (Fsp3) is 0.333. The minimum Gasteiger partial charge on any atom is -0.372 e. The lowest BCUT2D eigenvalue weighted by Gasteiger charge is -2.24. The number of hydrogen-bond donors (Lipinski definition) is 2. The van der Waals surface area contributed by atoms with Crippen molar-refractivity contribution >= 4 is 39.0 Å². The summed E-state index contributed by atoms with van der Waals surface area (Å²) in [7, 11) is 1.77. The fourth-order valence-electron chi connectivity index (χ4n) is 2.68. The Morgan fingerprint density at radius 3 is 3.19 bits per heavy atom. The molecule has 3 rings (SSSR count). The van der Waals surface area contributed by atoms with Crippen LogP contribution in [0.15, 0.2) is 28.2 Å². The lowest BCUT2D eigenvalue weighted by Crippen LogP contribution is -2.31. The fourth-order valence-corrected chi connectivity index (χ4v) is 4.00. The van der Waals surface area contributed by atoms with Crippen LogP contribution in [0, 0.1) is 0 Å². The van der Waals surface area contributed by atoms with Crippen LogP contribution in [0.2, 0.25) is 0 Å². The van der Waals surface area contributed by atoms with Crippen LogP contribution >= 0.6 is 27.3 Å². The van der Waals surface area contributed by atoms with E-state index in [1.54, 1.807) is 30.6 Å². The predicted octanol–water partition coefficient (Wildman–Crippen LogP) is 3.75. The van der Waals surface area contributed by atoms with Crippen molar-refractivity contribution in [2.75, 3.05) is 12.4 Å². The lowest BCUT2D eigenvalue weighted by molar-refractivity contribution is 0.0933. The molecule has 0 spiro atoms. The number of aryl methyl sites for hydroxylation is 1. The van der Waals surface area contributed by atoms with Crippen LogP contribution in [0.4, 0.5) is 5.82 Å². The normalized spacial score (nSPS) is 17.1. The van der Waals surface area contributed by atoms with Crippen LogP contribution in [0.1, 0.15) is 39.7 Å². The van der Waals surface area contributed by atoms with Gasteiger partial charge in [0.1, 0.15) is 5.82 Å². The number of fused-ring (bicyclic) bond motifs is 1. The molecule has 4 nitrogen and oxygen atoms in total. The second kappa shape index (κ2) is 6.15. The first-order valence-corrected chi connectivity index (χ1v) is 8.56. The monoisotopic (exact) mass is 365 g/mol. The minimum atomic E-state index is -0.0859. The molecule has 1 atom stereocenters. The van der Waals surface area contributed by atoms with E-state index in [9.17, 15) is 4.79 Å². The Morgan fingerprint density at radius 2 is 2.38 bits per heavy atom. The molecule has 1 aliphatic rings. The van der Waals surface area contributed by atoms with E-state index in [4.69, 9.17) is 0 Å². The van der Waals surface area contributed by atoms with Crippen molar-refractivity contribution < 1.29 is 4.79 Å². The van der Waals surface area contributed by atoms with Gasteiger partial charge in [0.2, 0.25) is 0 Å². The molecule has 0 saturated carbocycles. The van der Waals surface area contributed by atoms with Gasteiger partial charge in [0.05, 0.1) is 11.6 Å². The summed E-state index contributed by atoms with van der Waals surface area (Å²) in [6.07, 6.45) is 4.92. The molecule has 2 aromatic rings. The van der Waals surface area contributed by atoms with E-state index in [1.165, 1.54) is 10.4 Å². The molecular weight excluding hydrogens is 350 g/mol. The number of carbonyl (C=O) groups is 1. The summed E-state index contributed by atoms with van der Waals surface area (Å²) < 4.78 is 0.798. The first kappa shape index (κ1) is 14.5. The molecule has 0 aliphatic heterocycles. The zero-order chi connectivity index (χ0) is 14.8. The zero-order valence-electron chi connectivity index (χ0n) is 11.6. The molecule has 110 valence electrons. The molecule has 6 heteroatoms. The number of carbonyl (C=O) groups excluding carboxylic acids is 1. The molecule has 0 radical (unpaired) electrons. The standard InChI is InChI=1S/C15H16BrN3OS/c1-17-14-11(7-9(16)8-18-14)15(20)19-12-3-2-4-13-10(12)5-6-21-13/h5-8,12H,2-4H2,1H3,(H,17,18)(H,19,20). The van der Waals surface area contributed by atoms with Crippen LogP contribution in [-0.2, 0) is 6.42 Å². The quantitative estimate of drug-likeness (QED) is 0.870. The van der Waals surface area contributed by atoms with Gasteiger partial charge in [0, 0.05) is 22.6 Å². The first-order valence-electron chi connectivity index (χ1n) is 6.89. The van der Waals surface area contributed by atoms with Gasteiger partial charge >= 0.3 is 0 Å². The topological polar surface area (TPSA) is 54.0 Å². The second-order valence-corrected chi connectivity index (χ2v) is 6.93. The maximum atomic E-state index is 12.6. The smallest absolute Gasteiger partial charge is 0.255 e. The number of aromatic nitrogens is 1. The molecule has 2 aromatic heterocycles. The number of amides is 1. The molecule has 0 aromatic carbocycles. The summed E-state index contributed by atoms with van der Waals surface area (Å²) in [4.78, 5) is 18.2. The van der Waals surface area contributed by atoms with Crippen molar-refractivity contribution in [1.82, 2.24) is 10.3 Å². The molecule has 0 fully saturated rings. The number of nitrogens with zero attached hydrogens (tertiary/aromatic N) is 1. The Balaban J connectivity index is 1.84. The molecule has 1 amide bonds.